The number of nitrogens with zero attached hydrogens (tertiary/aromatic N) is 3. The first-order valence-corrected chi connectivity index (χ1v) is 22.9. The second kappa shape index (κ2) is 13.5. The highest BCUT2D eigenvalue weighted by Gasteiger charge is 2.28. The van der Waals surface area contributed by atoms with Crippen LogP contribution in [0.3, 0.4) is 0 Å². The first-order valence-electron chi connectivity index (χ1n) is 22.9. The summed E-state index contributed by atoms with van der Waals surface area (Å²) in [5.74, 6) is 0.195. The molecule has 0 bridgehead atoms. The molecule has 0 spiro atoms. The number of para-hydroxylation sites is 4. The van der Waals surface area contributed by atoms with Gasteiger partial charge in [-0.2, -0.15) is 0 Å². The summed E-state index contributed by atoms with van der Waals surface area (Å²) in [6.07, 6.45) is 0.905. The lowest BCUT2D eigenvalue weighted by Crippen LogP contribution is -2.15. The molecular weight excluding hydrogens is 803 g/mol. The van der Waals surface area contributed by atoms with Crippen molar-refractivity contribution in [3.63, 3.8) is 0 Å². The standard InChI is InChI=1S/C62H39N3O/c1-3-15-38(16-4-1)58-44-20-8-7-17-39(44)35-40-36-42(27-29-45(40)58)64-53-25-13-10-22-49(53)59-56(64)33-30-47-48-31-34-57-60(62(48)66-61(47)59)50-23-11-14-26-54(50)65(57)43-28-32-55-51(37-43)46-21-9-12-24-52(46)63(55)41-18-5-2-6-19-41/h1-34,36-37,58H,35H2. The molecule has 308 valence electrons. The monoisotopic (exact) mass is 841 g/mol. The van der Waals surface area contributed by atoms with Gasteiger partial charge in [-0.1, -0.05) is 133 Å². The van der Waals surface area contributed by atoms with Crippen molar-refractivity contribution in [2.75, 3.05) is 0 Å². The SMILES string of the molecule is c1ccc(C2c3ccccc3Cc3cc(-n4c5ccccc5c5c6oc7c(ccc8c7c7ccccc7n8-c7ccc8c(c7)c7ccccc7n8-c7ccccc7)c6ccc54)ccc32)cc1. The van der Waals surface area contributed by atoms with E-state index in [-0.39, 0.29) is 5.92 Å². The molecule has 0 radical (unpaired) electrons. The van der Waals surface area contributed by atoms with Gasteiger partial charge in [0.1, 0.15) is 11.2 Å². The summed E-state index contributed by atoms with van der Waals surface area (Å²) >= 11 is 0. The van der Waals surface area contributed by atoms with E-state index in [1.807, 2.05) is 0 Å². The van der Waals surface area contributed by atoms with Crippen LogP contribution in [0.15, 0.2) is 223 Å². The molecule has 0 N–H and O–H groups in total. The summed E-state index contributed by atoms with van der Waals surface area (Å²) in [5.41, 5.74) is 19.1. The van der Waals surface area contributed by atoms with Gasteiger partial charge in [0.15, 0.2) is 0 Å². The van der Waals surface area contributed by atoms with Crippen LogP contribution in [0, 0.1) is 0 Å². The van der Waals surface area contributed by atoms with Crippen LogP contribution >= 0.6 is 0 Å². The normalized spacial score (nSPS) is 13.8. The molecule has 4 heteroatoms. The Morgan fingerprint density at radius 2 is 0.803 bits per heavy atom. The molecule has 0 saturated carbocycles. The Hall–Kier alpha value is -8.60. The number of benzene rings is 10. The molecular formula is C62H39N3O. The van der Waals surface area contributed by atoms with Gasteiger partial charge in [0.25, 0.3) is 0 Å². The maximum atomic E-state index is 7.34. The Kier molecular flexibility index (Phi) is 7.30. The zero-order chi connectivity index (χ0) is 43.0. The van der Waals surface area contributed by atoms with Crippen LogP contribution < -0.4 is 0 Å². The van der Waals surface area contributed by atoms with Crippen molar-refractivity contribution in [3.8, 4) is 17.1 Å². The molecule has 4 heterocycles. The molecule has 66 heavy (non-hydrogen) atoms. The highest BCUT2D eigenvalue weighted by Crippen LogP contribution is 2.47. The smallest absolute Gasteiger partial charge is 0.145 e. The highest BCUT2D eigenvalue weighted by atomic mass is 16.3. The summed E-state index contributed by atoms with van der Waals surface area (Å²) in [5, 5.41) is 9.34. The van der Waals surface area contributed by atoms with Crippen molar-refractivity contribution in [3.05, 3.63) is 246 Å². The van der Waals surface area contributed by atoms with Gasteiger partial charge >= 0.3 is 0 Å². The van der Waals surface area contributed by atoms with Crippen LogP contribution in [0.25, 0.3) is 104 Å². The minimum Gasteiger partial charge on any atom is -0.455 e. The van der Waals surface area contributed by atoms with E-state index < -0.39 is 0 Å². The highest BCUT2D eigenvalue weighted by molar-refractivity contribution is 6.29. The Morgan fingerprint density at radius 3 is 1.48 bits per heavy atom. The number of aromatic nitrogens is 3. The van der Waals surface area contributed by atoms with Crippen LogP contribution in [0.5, 0.6) is 0 Å². The van der Waals surface area contributed by atoms with Gasteiger partial charge in [0.2, 0.25) is 0 Å². The topological polar surface area (TPSA) is 27.9 Å². The van der Waals surface area contributed by atoms with E-state index in [2.05, 4.69) is 232 Å². The molecule has 14 aromatic rings. The molecule has 4 nitrogen and oxygen atoms in total. The fourth-order valence-electron chi connectivity index (χ4n) is 11.8. The molecule has 1 atom stereocenters. The van der Waals surface area contributed by atoms with E-state index >= 15 is 0 Å². The number of fused-ring (bicyclic) bond motifs is 16. The lowest BCUT2D eigenvalue weighted by Gasteiger charge is -2.29. The molecule has 0 aliphatic heterocycles. The predicted octanol–water partition coefficient (Wildman–Crippen LogP) is 16.0. The number of hydrogen-bond donors (Lipinski definition) is 0. The van der Waals surface area contributed by atoms with E-state index in [1.165, 1.54) is 65.9 Å². The van der Waals surface area contributed by atoms with E-state index in [0.717, 1.165) is 72.7 Å². The molecule has 0 fully saturated rings. The van der Waals surface area contributed by atoms with Crippen molar-refractivity contribution in [1.82, 2.24) is 13.7 Å². The van der Waals surface area contributed by atoms with Gasteiger partial charge in [-0.05, 0) is 119 Å². The third-order valence-corrected chi connectivity index (χ3v) is 14.6. The molecule has 0 saturated heterocycles. The second-order valence-corrected chi connectivity index (χ2v) is 18.0. The van der Waals surface area contributed by atoms with Crippen molar-refractivity contribution < 1.29 is 4.42 Å². The van der Waals surface area contributed by atoms with Crippen molar-refractivity contribution in [2.24, 2.45) is 0 Å². The molecule has 4 aromatic heterocycles. The van der Waals surface area contributed by atoms with Crippen LogP contribution in [-0.4, -0.2) is 13.7 Å². The van der Waals surface area contributed by atoms with Gasteiger partial charge in [-0.15, -0.1) is 0 Å². The summed E-state index contributed by atoms with van der Waals surface area (Å²) in [7, 11) is 0. The predicted molar refractivity (Wildman–Crippen MR) is 273 cm³/mol. The van der Waals surface area contributed by atoms with Crippen molar-refractivity contribution in [2.45, 2.75) is 12.3 Å². The van der Waals surface area contributed by atoms with Crippen LogP contribution in [0.2, 0.25) is 0 Å². The van der Waals surface area contributed by atoms with Crippen molar-refractivity contribution >= 4 is 87.4 Å². The first kappa shape index (κ1) is 35.8. The zero-order valence-corrected chi connectivity index (χ0v) is 35.8. The molecule has 0 amide bonds. The molecule has 1 aliphatic rings. The fourth-order valence-corrected chi connectivity index (χ4v) is 11.8. The minimum absolute atomic E-state index is 0.195. The minimum atomic E-state index is 0.195. The van der Waals surface area contributed by atoms with Gasteiger partial charge in [-0.25, -0.2) is 0 Å². The largest absolute Gasteiger partial charge is 0.455 e. The third-order valence-electron chi connectivity index (χ3n) is 14.6. The maximum absolute atomic E-state index is 7.34. The van der Waals surface area contributed by atoms with E-state index in [9.17, 15) is 0 Å². The summed E-state index contributed by atoms with van der Waals surface area (Å²) < 4.78 is 14.6. The summed E-state index contributed by atoms with van der Waals surface area (Å²) in [6.45, 7) is 0. The van der Waals surface area contributed by atoms with Gasteiger partial charge in [0.05, 0.1) is 43.9 Å². The summed E-state index contributed by atoms with van der Waals surface area (Å²) in [6, 6.07) is 80.2. The molecule has 1 unspecified atom stereocenters. The van der Waals surface area contributed by atoms with Crippen LogP contribution in [0.1, 0.15) is 33.7 Å². The second-order valence-electron chi connectivity index (χ2n) is 18.0. The summed E-state index contributed by atoms with van der Waals surface area (Å²) in [4.78, 5) is 0. The molecule has 1 aliphatic carbocycles. The Morgan fingerprint density at radius 1 is 0.318 bits per heavy atom. The lowest BCUT2D eigenvalue weighted by atomic mass is 9.75. The van der Waals surface area contributed by atoms with E-state index in [1.54, 1.807) is 0 Å². The number of rotatable bonds is 4. The lowest BCUT2D eigenvalue weighted by molar-refractivity contribution is 0.677. The maximum Gasteiger partial charge on any atom is 0.145 e. The zero-order valence-electron chi connectivity index (χ0n) is 35.8. The van der Waals surface area contributed by atoms with Crippen molar-refractivity contribution in [1.29, 1.82) is 0 Å². The Bertz CT molecular complexity index is 4320. The first-order chi connectivity index (χ1) is 32.8. The van der Waals surface area contributed by atoms with Crippen LogP contribution in [0.4, 0.5) is 0 Å². The van der Waals surface area contributed by atoms with Gasteiger partial charge < -0.3 is 18.1 Å². The average molecular weight is 842 g/mol. The Balaban J connectivity index is 0.940. The van der Waals surface area contributed by atoms with Crippen LogP contribution in [-0.2, 0) is 6.42 Å². The van der Waals surface area contributed by atoms with Gasteiger partial charge in [-0.3, -0.25) is 0 Å². The number of furan rings is 1. The molecule has 15 rings (SSSR count). The van der Waals surface area contributed by atoms with E-state index in [4.69, 9.17) is 4.42 Å². The quantitative estimate of drug-likeness (QED) is 0.173. The average Bonchev–Trinajstić information content (AvgIpc) is 4.12. The fraction of sp³-hybridized carbons (Fsp3) is 0.0323. The molecule has 10 aromatic carbocycles. The Labute approximate surface area is 379 Å². The third kappa shape index (κ3) is 4.87. The van der Waals surface area contributed by atoms with Gasteiger partial charge in [0, 0.05) is 55.3 Å². The van der Waals surface area contributed by atoms with E-state index in [0.29, 0.717) is 0 Å². The number of hydrogen-bond acceptors (Lipinski definition) is 1.